The third-order valence-corrected chi connectivity index (χ3v) is 6.77. The number of amides is 2. The van der Waals surface area contributed by atoms with E-state index in [0.717, 1.165) is 10.6 Å². The number of fused-ring (bicyclic) bond motifs is 1. The molecule has 0 radical (unpaired) electrons. The topological polar surface area (TPSA) is 123 Å². The first kappa shape index (κ1) is 22.9. The Bertz CT molecular complexity index is 1490. The minimum Gasteiger partial charge on any atom is -0.332 e. The first-order chi connectivity index (χ1) is 16.8. The fraction of sp³-hybridized carbons (Fsp3) is 0.292. The van der Waals surface area contributed by atoms with Crippen LogP contribution in [-0.4, -0.2) is 37.2 Å². The van der Waals surface area contributed by atoms with Gasteiger partial charge in [0.2, 0.25) is 11.3 Å². The van der Waals surface area contributed by atoms with Gasteiger partial charge in [0.05, 0.1) is 10.3 Å². The van der Waals surface area contributed by atoms with Gasteiger partial charge in [0, 0.05) is 37.0 Å². The maximum Gasteiger partial charge on any atom is 0.262 e. The molecule has 3 N–H and O–H groups in total. The maximum atomic E-state index is 13.4. The summed E-state index contributed by atoms with van der Waals surface area (Å²) in [5.74, 6) is -0.321. The molecule has 0 aliphatic carbocycles. The van der Waals surface area contributed by atoms with E-state index in [1.165, 1.54) is 22.2 Å². The maximum absolute atomic E-state index is 13.4. The highest BCUT2D eigenvalue weighted by Crippen LogP contribution is 2.28. The van der Waals surface area contributed by atoms with Gasteiger partial charge in [-0.1, -0.05) is 6.07 Å². The molecule has 1 saturated heterocycles. The van der Waals surface area contributed by atoms with Gasteiger partial charge in [0.1, 0.15) is 22.7 Å². The molecule has 4 aromatic rings. The molecule has 0 saturated carbocycles. The van der Waals surface area contributed by atoms with Gasteiger partial charge in [-0.3, -0.25) is 19.7 Å². The molecule has 2 amide bonds. The van der Waals surface area contributed by atoms with Crippen molar-refractivity contribution >= 4 is 40.0 Å². The molecule has 180 valence electrons. The second-order valence-corrected chi connectivity index (χ2v) is 9.46. The fourth-order valence-electron chi connectivity index (χ4n) is 4.17. The molecule has 5 heterocycles. The summed E-state index contributed by atoms with van der Waals surface area (Å²) < 4.78 is 3.32. The number of pyridine rings is 2. The van der Waals surface area contributed by atoms with Gasteiger partial charge in [0.15, 0.2) is 6.29 Å². The quantitative estimate of drug-likeness (QED) is 0.395. The molecule has 1 fully saturated rings. The van der Waals surface area contributed by atoms with Crippen LogP contribution in [0.25, 0.3) is 21.6 Å². The van der Waals surface area contributed by atoms with E-state index >= 15 is 0 Å². The largest absolute Gasteiger partial charge is 0.332 e. The van der Waals surface area contributed by atoms with E-state index in [2.05, 4.69) is 26.0 Å². The third kappa shape index (κ3) is 4.35. The van der Waals surface area contributed by atoms with E-state index in [1.807, 2.05) is 38.3 Å². The first-order valence-electron chi connectivity index (χ1n) is 11.3. The monoisotopic (exact) mass is 491 g/mol. The van der Waals surface area contributed by atoms with Crippen LogP contribution >= 0.6 is 11.3 Å². The van der Waals surface area contributed by atoms with Crippen LogP contribution in [0.15, 0.2) is 46.7 Å². The molecular weight excluding hydrogens is 466 g/mol. The van der Waals surface area contributed by atoms with Crippen molar-refractivity contribution in [2.45, 2.75) is 46.1 Å². The van der Waals surface area contributed by atoms with Gasteiger partial charge in [-0.2, -0.15) is 5.10 Å². The van der Waals surface area contributed by atoms with Crippen molar-refractivity contribution in [2.75, 3.05) is 5.32 Å². The van der Waals surface area contributed by atoms with Gasteiger partial charge in [-0.05, 0) is 44.4 Å². The van der Waals surface area contributed by atoms with Crippen LogP contribution in [0.4, 0.5) is 5.82 Å². The van der Waals surface area contributed by atoms with E-state index in [4.69, 9.17) is 0 Å². The van der Waals surface area contributed by atoms with Crippen molar-refractivity contribution < 1.29 is 9.59 Å². The molecule has 1 aliphatic heterocycles. The molecule has 2 unspecified atom stereocenters. The lowest BCUT2D eigenvalue weighted by Gasteiger charge is -2.30. The number of aryl methyl sites for hydroxylation is 2. The second-order valence-electron chi connectivity index (χ2n) is 8.51. The highest BCUT2D eigenvalue weighted by atomic mass is 32.1. The Balaban J connectivity index is 1.56. The Hall–Kier alpha value is -3.83. The number of nitrogens with zero attached hydrogens (tertiary/aromatic N) is 4. The average molecular weight is 492 g/mol. The molecule has 11 heteroatoms. The van der Waals surface area contributed by atoms with Crippen LogP contribution in [-0.2, 0) is 11.3 Å². The average Bonchev–Trinajstić information content (AvgIpc) is 3.49. The summed E-state index contributed by atoms with van der Waals surface area (Å²) in [6.07, 6.45) is 1.24. The van der Waals surface area contributed by atoms with E-state index in [9.17, 15) is 14.4 Å². The predicted molar refractivity (Wildman–Crippen MR) is 134 cm³/mol. The zero-order valence-electron chi connectivity index (χ0n) is 19.5. The molecule has 0 aromatic carbocycles. The molecule has 10 nitrogen and oxygen atoms in total. The zero-order chi connectivity index (χ0) is 24.7. The van der Waals surface area contributed by atoms with Crippen molar-refractivity contribution in [3.05, 3.63) is 63.4 Å². The van der Waals surface area contributed by atoms with Crippen molar-refractivity contribution in [3.63, 3.8) is 0 Å². The van der Waals surface area contributed by atoms with Crippen molar-refractivity contribution in [3.8, 4) is 10.6 Å². The summed E-state index contributed by atoms with van der Waals surface area (Å²) in [6, 6.07) is 8.97. The smallest absolute Gasteiger partial charge is 0.262 e. The molecule has 4 aromatic heterocycles. The summed E-state index contributed by atoms with van der Waals surface area (Å²) >= 11 is 1.51. The Labute approximate surface area is 205 Å². The normalized spacial score (nSPS) is 18.0. The first-order valence-corrected chi connectivity index (χ1v) is 12.2. The van der Waals surface area contributed by atoms with Gasteiger partial charge < -0.3 is 15.2 Å². The van der Waals surface area contributed by atoms with Crippen LogP contribution in [0.2, 0.25) is 0 Å². The third-order valence-electron chi connectivity index (χ3n) is 5.87. The molecule has 2 atom stereocenters. The van der Waals surface area contributed by atoms with Crippen LogP contribution in [0.5, 0.6) is 0 Å². The number of aromatic nitrogens is 4. The summed E-state index contributed by atoms with van der Waals surface area (Å²) in [5.41, 5.74) is 1.59. The molecule has 0 bridgehead atoms. The molecule has 5 rings (SSSR count). The number of hydrogen-bond donors (Lipinski definition) is 3. The SMILES string of the molecule is CCn1cc(C(=O)Nc2cc(-c3cccs3)nn2C2NC(=O)CC(C)N2)c(=O)c2ccc(C)nc21. The van der Waals surface area contributed by atoms with Crippen LogP contribution in [0, 0.1) is 6.92 Å². The lowest BCUT2D eigenvalue weighted by Crippen LogP contribution is -2.52. The number of rotatable bonds is 5. The van der Waals surface area contributed by atoms with Crippen LogP contribution < -0.4 is 21.4 Å². The van der Waals surface area contributed by atoms with Crippen molar-refractivity contribution in [2.24, 2.45) is 0 Å². The summed E-state index contributed by atoms with van der Waals surface area (Å²) in [7, 11) is 0. The van der Waals surface area contributed by atoms with Gasteiger partial charge in [0.25, 0.3) is 5.91 Å². The van der Waals surface area contributed by atoms with E-state index in [-0.39, 0.29) is 17.5 Å². The van der Waals surface area contributed by atoms with Gasteiger partial charge in [-0.25, -0.2) is 9.67 Å². The minimum absolute atomic E-state index is 0.00411. The number of nitrogens with one attached hydrogen (secondary N) is 3. The zero-order valence-corrected chi connectivity index (χ0v) is 20.3. The van der Waals surface area contributed by atoms with Gasteiger partial charge >= 0.3 is 0 Å². The number of carbonyl (C=O) groups is 2. The van der Waals surface area contributed by atoms with Crippen LogP contribution in [0.1, 0.15) is 42.6 Å². The Morgan fingerprint density at radius 3 is 2.83 bits per heavy atom. The highest BCUT2D eigenvalue weighted by Gasteiger charge is 2.28. The van der Waals surface area contributed by atoms with Crippen LogP contribution in [0.3, 0.4) is 0 Å². The number of anilines is 1. The number of carbonyl (C=O) groups excluding carboxylic acids is 2. The molecule has 35 heavy (non-hydrogen) atoms. The van der Waals surface area contributed by atoms with E-state index < -0.39 is 17.6 Å². The highest BCUT2D eigenvalue weighted by molar-refractivity contribution is 7.13. The Morgan fingerprint density at radius 2 is 2.11 bits per heavy atom. The lowest BCUT2D eigenvalue weighted by atomic mass is 10.1. The predicted octanol–water partition coefficient (Wildman–Crippen LogP) is 2.86. The fourth-order valence-corrected chi connectivity index (χ4v) is 4.85. The Morgan fingerprint density at radius 1 is 1.29 bits per heavy atom. The standard InChI is InChI=1S/C24H25N7O3S/c1-4-30-12-16(21(33)15-8-7-13(2)25-22(15)30)23(34)27-19-11-17(18-6-5-9-35-18)29-31(19)24-26-14(3)10-20(32)28-24/h5-9,11-12,14,24,26H,4,10H2,1-3H3,(H,27,34)(H,28,32). The molecule has 1 aliphatic rings. The molecule has 0 spiro atoms. The Kier molecular flexibility index (Phi) is 5.95. The molecular formula is C24H25N7O3S. The summed E-state index contributed by atoms with van der Waals surface area (Å²) in [5, 5.41) is 16.0. The minimum atomic E-state index is -0.647. The van der Waals surface area contributed by atoms with Gasteiger partial charge in [-0.15, -0.1) is 11.3 Å². The van der Waals surface area contributed by atoms with E-state index in [0.29, 0.717) is 35.5 Å². The van der Waals surface area contributed by atoms with Crippen molar-refractivity contribution in [1.29, 1.82) is 0 Å². The summed E-state index contributed by atoms with van der Waals surface area (Å²) in [4.78, 5) is 44.2. The number of thiophene rings is 1. The lowest BCUT2D eigenvalue weighted by molar-refractivity contribution is -0.125. The van der Waals surface area contributed by atoms with Crippen molar-refractivity contribution in [1.82, 2.24) is 30.0 Å². The second kappa shape index (κ2) is 9.08. The summed E-state index contributed by atoms with van der Waals surface area (Å²) in [6.45, 7) is 6.24. The van der Waals surface area contributed by atoms with E-state index in [1.54, 1.807) is 22.8 Å². The number of hydrogen-bond acceptors (Lipinski definition) is 7.